The minimum atomic E-state index is -1.22. The van der Waals surface area contributed by atoms with Crippen LogP contribution in [-0.4, -0.2) is 22.9 Å². The number of rotatable bonds is 6. The smallest absolute Gasteiger partial charge is 0.328 e. The fraction of sp³-hybridized carbons (Fsp3) is 0.0556. The molecule has 7 heteroatoms. The molecule has 128 valence electrons. The predicted octanol–water partition coefficient (Wildman–Crippen LogP) is 3.10. The first-order valence-electron chi connectivity index (χ1n) is 7.29. The van der Waals surface area contributed by atoms with E-state index >= 15 is 0 Å². The second-order valence-corrected chi connectivity index (χ2v) is 5.47. The monoisotopic (exact) mass is 358 g/mol. The van der Waals surface area contributed by atoms with Crippen LogP contribution in [0.2, 0.25) is 5.02 Å². The normalized spacial score (nSPS) is 10.4. The van der Waals surface area contributed by atoms with E-state index in [4.69, 9.17) is 16.7 Å². The SMILES string of the molecule is O=C(O)/C=C\C(=O)Nc1ccc(NC(=O)Cc2ccccc2)c(Cl)c1. The Morgan fingerprint density at radius 3 is 2.36 bits per heavy atom. The fourth-order valence-electron chi connectivity index (χ4n) is 2.00. The third kappa shape index (κ3) is 6.12. The van der Waals surface area contributed by atoms with Crippen LogP contribution in [0.5, 0.6) is 0 Å². The Morgan fingerprint density at radius 2 is 1.72 bits per heavy atom. The molecule has 0 aliphatic rings. The van der Waals surface area contributed by atoms with Crippen molar-refractivity contribution >= 4 is 40.8 Å². The zero-order valence-electron chi connectivity index (χ0n) is 13.0. The number of nitrogens with one attached hydrogen (secondary N) is 2. The highest BCUT2D eigenvalue weighted by Crippen LogP contribution is 2.25. The van der Waals surface area contributed by atoms with E-state index in [1.165, 1.54) is 6.07 Å². The first kappa shape index (κ1) is 18.2. The molecular weight excluding hydrogens is 344 g/mol. The van der Waals surface area contributed by atoms with Gasteiger partial charge in [-0.3, -0.25) is 9.59 Å². The van der Waals surface area contributed by atoms with Gasteiger partial charge >= 0.3 is 5.97 Å². The van der Waals surface area contributed by atoms with E-state index in [2.05, 4.69) is 10.6 Å². The summed E-state index contributed by atoms with van der Waals surface area (Å²) in [5.41, 5.74) is 1.68. The van der Waals surface area contributed by atoms with E-state index in [9.17, 15) is 14.4 Å². The lowest BCUT2D eigenvalue weighted by Crippen LogP contribution is -2.15. The van der Waals surface area contributed by atoms with E-state index in [1.807, 2.05) is 30.3 Å². The molecule has 3 N–H and O–H groups in total. The molecule has 0 fully saturated rings. The Balaban J connectivity index is 1.98. The average Bonchev–Trinajstić information content (AvgIpc) is 2.56. The maximum atomic E-state index is 12.0. The fourth-order valence-corrected chi connectivity index (χ4v) is 2.23. The third-order valence-electron chi connectivity index (χ3n) is 3.10. The lowest BCUT2D eigenvalue weighted by Gasteiger charge is -2.09. The number of carboxylic acids is 1. The molecule has 2 aromatic rings. The molecule has 2 aromatic carbocycles. The van der Waals surface area contributed by atoms with Gasteiger partial charge in [-0.25, -0.2) is 4.79 Å². The summed E-state index contributed by atoms with van der Waals surface area (Å²) in [6.45, 7) is 0. The number of anilines is 2. The van der Waals surface area contributed by atoms with Crippen molar-refractivity contribution in [2.24, 2.45) is 0 Å². The molecule has 2 rings (SSSR count). The highest BCUT2D eigenvalue weighted by molar-refractivity contribution is 6.34. The van der Waals surface area contributed by atoms with E-state index in [1.54, 1.807) is 12.1 Å². The van der Waals surface area contributed by atoms with Crippen molar-refractivity contribution < 1.29 is 19.5 Å². The summed E-state index contributed by atoms with van der Waals surface area (Å²) in [5.74, 6) is -2.03. The van der Waals surface area contributed by atoms with Gasteiger partial charge < -0.3 is 15.7 Å². The van der Waals surface area contributed by atoms with Crippen LogP contribution < -0.4 is 10.6 Å². The Bertz CT molecular complexity index is 819. The molecule has 0 spiro atoms. The Hall–Kier alpha value is -3.12. The largest absolute Gasteiger partial charge is 0.478 e. The number of hydrogen-bond donors (Lipinski definition) is 3. The van der Waals surface area contributed by atoms with Crippen LogP contribution in [-0.2, 0) is 20.8 Å². The maximum absolute atomic E-state index is 12.0. The van der Waals surface area contributed by atoms with Crippen LogP contribution in [0.15, 0.2) is 60.7 Å². The van der Waals surface area contributed by atoms with Crippen molar-refractivity contribution in [3.63, 3.8) is 0 Å². The van der Waals surface area contributed by atoms with Crippen LogP contribution in [0.1, 0.15) is 5.56 Å². The highest BCUT2D eigenvalue weighted by Gasteiger charge is 2.08. The standard InChI is InChI=1S/C18H15ClN2O4/c19-14-11-13(20-16(22)8-9-18(24)25)6-7-15(14)21-17(23)10-12-4-2-1-3-5-12/h1-9,11H,10H2,(H,20,22)(H,21,23)(H,24,25)/b9-8-. The summed E-state index contributed by atoms with van der Waals surface area (Å²) in [7, 11) is 0. The van der Waals surface area contributed by atoms with Crippen LogP contribution in [0.4, 0.5) is 11.4 Å². The lowest BCUT2D eigenvalue weighted by molar-refractivity contribution is -0.131. The number of carbonyl (C=O) groups excluding carboxylic acids is 2. The van der Waals surface area contributed by atoms with Gasteiger partial charge in [-0.2, -0.15) is 0 Å². The molecule has 0 atom stereocenters. The first-order valence-corrected chi connectivity index (χ1v) is 7.67. The van der Waals surface area contributed by atoms with E-state index < -0.39 is 11.9 Å². The van der Waals surface area contributed by atoms with Gasteiger partial charge in [-0.05, 0) is 23.8 Å². The molecule has 6 nitrogen and oxygen atoms in total. The molecule has 0 aliphatic heterocycles. The summed E-state index contributed by atoms with van der Waals surface area (Å²) in [6.07, 6.45) is 1.84. The van der Waals surface area contributed by atoms with Crippen molar-refractivity contribution in [3.8, 4) is 0 Å². The third-order valence-corrected chi connectivity index (χ3v) is 3.41. The number of amides is 2. The van der Waals surface area contributed by atoms with Gasteiger partial charge in [0.15, 0.2) is 0 Å². The van der Waals surface area contributed by atoms with E-state index in [0.29, 0.717) is 11.4 Å². The lowest BCUT2D eigenvalue weighted by atomic mass is 10.1. The zero-order valence-corrected chi connectivity index (χ0v) is 13.8. The van der Waals surface area contributed by atoms with Gasteiger partial charge in [0, 0.05) is 17.8 Å². The molecule has 25 heavy (non-hydrogen) atoms. The minimum Gasteiger partial charge on any atom is -0.478 e. The van der Waals surface area contributed by atoms with Gasteiger partial charge in [0.1, 0.15) is 0 Å². The van der Waals surface area contributed by atoms with Gasteiger partial charge in [-0.1, -0.05) is 41.9 Å². The number of aliphatic carboxylic acids is 1. The van der Waals surface area contributed by atoms with Crippen molar-refractivity contribution in [1.82, 2.24) is 0 Å². The van der Waals surface area contributed by atoms with Gasteiger partial charge in [0.05, 0.1) is 17.1 Å². The first-order chi connectivity index (χ1) is 11.9. The summed E-state index contributed by atoms with van der Waals surface area (Å²) < 4.78 is 0. The van der Waals surface area contributed by atoms with E-state index in [-0.39, 0.29) is 17.4 Å². The molecule has 2 amide bonds. The number of carboxylic acid groups (broad SMARTS) is 1. The molecule has 0 bridgehead atoms. The molecule has 0 heterocycles. The number of benzene rings is 2. The predicted molar refractivity (Wildman–Crippen MR) is 95.6 cm³/mol. The van der Waals surface area contributed by atoms with Crippen LogP contribution in [0, 0.1) is 0 Å². The summed E-state index contributed by atoms with van der Waals surface area (Å²) in [5, 5.41) is 13.9. The molecule has 0 aromatic heterocycles. The van der Waals surface area contributed by atoms with Gasteiger partial charge in [-0.15, -0.1) is 0 Å². The quantitative estimate of drug-likeness (QED) is 0.691. The molecule has 0 radical (unpaired) electrons. The Kier molecular flexibility index (Phi) is 6.31. The summed E-state index contributed by atoms with van der Waals surface area (Å²) in [4.78, 5) is 33.9. The average molecular weight is 359 g/mol. The Morgan fingerprint density at radius 1 is 1.00 bits per heavy atom. The summed E-state index contributed by atoms with van der Waals surface area (Å²) >= 11 is 6.11. The van der Waals surface area contributed by atoms with E-state index in [0.717, 1.165) is 17.7 Å². The molecule has 0 saturated heterocycles. The summed E-state index contributed by atoms with van der Waals surface area (Å²) in [6, 6.07) is 13.9. The second-order valence-electron chi connectivity index (χ2n) is 5.07. The molecule has 0 aliphatic carbocycles. The van der Waals surface area contributed by atoms with Crippen molar-refractivity contribution in [2.45, 2.75) is 6.42 Å². The highest BCUT2D eigenvalue weighted by atomic mass is 35.5. The van der Waals surface area contributed by atoms with Crippen LogP contribution >= 0.6 is 11.6 Å². The molecular formula is C18H15ClN2O4. The number of halogens is 1. The minimum absolute atomic E-state index is 0.214. The van der Waals surface area contributed by atoms with Gasteiger partial charge in [0.25, 0.3) is 0 Å². The maximum Gasteiger partial charge on any atom is 0.328 e. The zero-order chi connectivity index (χ0) is 18.2. The molecule has 0 unspecified atom stereocenters. The van der Waals surface area contributed by atoms with Crippen LogP contribution in [0.25, 0.3) is 0 Å². The number of hydrogen-bond acceptors (Lipinski definition) is 3. The van der Waals surface area contributed by atoms with Crippen molar-refractivity contribution in [3.05, 3.63) is 71.3 Å². The Labute approximate surface area is 149 Å². The topological polar surface area (TPSA) is 95.5 Å². The second kappa shape index (κ2) is 8.65. The van der Waals surface area contributed by atoms with Crippen LogP contribution in [0.3, 0.4) is 0 Å². The number of carbonyl (C=O) groups is 3. The van der Waals surface area contributed by atoms with Crippen molar-refractivity contribution in [2.75, 3.05) is 10.6 Å². The molecule has 0 saturated carbocycles. The van der Waals surface area contributed by atoms with Crippen molar-refractivity contribution in [1.29, 1.82) is 0 Å². The van der Waals surface area contributed by atoms with Gasteiger partial charge in [0.2, 0.25) is 11.8 Å².